The van der Waals surface area contributed by atoms with Crippen molar-refractivity contribution < 1.29 is 9.18 Å². The van der Waals surface area contributed by atoms with Gasteiger partial charge in [-0.25, -0.2) is 19.0 Å². The van der Waals surface area contributed by atoms with Crippen molar-refractivity contribution in [3.05, 3.63) is 47.5 Å². The van der Waals surface area contributed by atoms with Crippen LogP contribution in [0.4, 0.5) is 16.0 Å². The summed E-state index contributed by atoms with van der Waals surface area (Å²) >= 11 is 0. The Labute approximate surface area is 176 Å². The van der Waals surface area contributed by atoms with Gasteiger partial charge in [0.15, 0.2) is 0 Å². The molecular formula is C22H18FN7O. The van der Waals surface area contributed by atoms with Crippen molar-refractivity contribution in [3.8, 4) is 11.8 Å². The number of fused-ring (bicyclic) bond motifs is 2. The van der Waals surface area contributed by atoms with Crippen LogP contribution in [-0.2, 0) is 11.8 Å². The lowest BCUT2D eigenvalue weighted by atomic mass is 10.1. The number of amides is 1. The van der Waals surface area contributed by atoms with Crippen molar-refractivity contribution in [3.63, 3.8) is 0 Å². The maximum absolute atomic E-state index is 14.5. The molecule has 0 aliphatic heterocycles. The van der Waals surface area contributed by atoms with Crippen LogP contribution in [0.3, 0.4) is 0 Å². The van der Waals surface area contributed by atoms with Gasteiger partial charge < -0.3 is 10.6 Å². The van der Waals surface area contributed by atoms with Crippen LogP contribution in [-0.4, -0.2) is 37.9 Å². The average Bonchev–Trinajstić information content (AvgIpc) is 3.56. The Hall–Kier alpha value is -4.06. The summed E-state index contributed by atoms with van der Waals surface area (Å²) in [4.78, 5) is 20.8. The molecule has 0 spiro atoms. The molecule has 31 heavy (non-hydrogen) atoms. The molecule has 0 atom stereocenters. The van der Waals surface area contributed by atoms with E-state index in [1.165, 1.54) is 6.07 Å². The normalized spacial score (nSPS) is 13.1. The molecule has 4 aromatic rings. The molecule has 8 nitrogen and oxygen atoms in total. The van der Waals surface area contributed by atoms with Crippen molar-refractivity contribution in [1.82, 2.24) is 25.0 Å². The van der Waals surface area contributed by atoms with Gasteiger partial charge >= 0.3 is 0 Å². The smallest absolute Gasteiger partial charge is 0.228 e. The van der Waals surface area contributed by atoms with E-state index in [1.807, 2.05) is 0 Å². The molecule has 0 saturated heterocycles. The Kier molecular flexibility index (Phi) is 4.47. The monoisotopic (exact) mass is 415 g/mol. The van der Waals surface area contributed by atoms with Gasteiger partial charge in [-0.3, -0.25) is 4.79 Å². The third-order valence-electron chi connectivity index (χ3n) is 5.24. The van der Waals surface area contributed by atoms with E-state index in [1.54, 1.807) is 43.3 Å². The first-order valence-corrected chi connectivity index (χ1v) is 9.82. The van der Waals surface area contributed by atoms with E-state index in [0.717, 1.165) is 23.6 Å². The molecule has 0 bridgehead atoms. The van der Waals surface area contributed by atoms with Crippen LogP contribution in [0, 0.1) is 23.6 Å². The lowest BCUT2D eigenvalue weighted by molar-refractivity contribution is -0.117. The number of nitrogens with zero attached hydrogens (tertiary/aromatic N) is 5. The summed E-state index contributed by atoms with van der Waals surface area (Å²) in [5.74, 6) is 6.58. The number of carbonyl (C=O) groups is 1. The van der Waals surface area contributed by atoms with Crippen molar-refractivity contribution in [1.29, 1.82) is 0 Å². The maximum Gasteiger partial charge on any atom is 0.228 e. The SMILES string of the molecule is CNc1ncc(C#Cc2cc3c(cc2F)nnn3C)c2cc(NC(=O)C3CC3)ncc12. The van der Waals surface area contributed by atoms with E-state index in [-0.39, 0.29) is 17.4 Å². The van der Waals surface area contributed by atoms with Gasteiger partial charge in [-0.15, -0.1) is 5.10 Å². The zero-order valence-electron chi connectivity index (χ0n) is 16.9. The number of halogens is 1. The van der Waals surface area contributed by atoms with Crippen molar-refractivity contribution in [2.45, 2.75) is 12.8 Å². The van der Waals surface area contributed by atoms with Crippen LogP contribution < -0.4 is 10.6 Å². The number of pyridine rings is 2. The van der Waals surface area contributed by atoms with Crippen molar-refractivity contribution in [2.24, 2.45) is 13.0 Å². The number of hydrogen-bond donors (Lipinski definition) is 2. The third-order valence-corrected chi connectivity index (χ3v) is 5.24. The highest BCUT2D eigenvalue weighted by atomic mass is 19.1. The molecular weight excluding hydrogens is 397 g/mol. The molecule has 1 aromatic carbocycles. The number of rotatable bonds is 3. The molecule has 154 valence electrons. The summed E-state index contributed by atoms with van der Waals surface area (Å²) < 4.78 is 16.1. The highest BCUT2D eigenvalue weighted by Crippen LogP contribution is 2.31. The van der Waals surface area contributed by atoms with Gasteiger partial charge in [-0.05, 0) is 25.0 Å². The lowest BCUT2D eigenvalue weighted by Crippen LogP contribution is -2.14. The first-order valence-electron chi connectivity index (χ1n) is 9.82. The molecule has 1 fully saturated rings. The first-order chi connectivity index (χ1) is 15.0. The van der Waals surface area contributed by atoms with E-state index in [4.69, 9.17) is 0 Å². The molecule has 3 aromatic heterocycles. The summed E-state index contributed by atoms with van der Waals surface area (Å²) in [6.45, 7) is 0. The molecule has 1 amide bonds. The fourth-order valence-corrected chi connectivity index (χ4v) is 3.36. The number of anilines is 2. The van der Waals surface area contributed by atoms with E-state index in [2.05, 4.69) is 42.8 Å². The largest absolute Gasteiger partial charge is 0.373 e. The fraction of sp³-hybridized carbons (Fsp3) is 0.227. The second kappa shape index (κ2) is 7.32. The Morgan fingerprint density at radius 3 is 2.71 bits per heavy atom. The summed E-state index contributed by atoms with van der Waals surface area (Å²) in [5.41, 5.74) is 1.99. The Bertz CT molecular complexity index is 1410. The van der Waals surface area contributed by atoms with Gasteiger partial charge in [-0.1, -0.05) is 17.1 Å². The van der Waals surface area contributed by atoms with Gasteiger partial charge in [0.1, 0.15) is 23.0 Å². The van der Waals surface area contributed by atoms with E-state index in [0.29, 0.717) is 28.2 Å². The Morgan fingerprint density at radius 1 is 1.13 bits per heavy atom. The molecule has 1 aliphatic carbocycles. The molecule has 0 radical (unpaired) electrons. The summed E-state index contributed by atoms with van der Waals surface area (Å²) in [6, 6.07) is 4.72. The summed E-state index contributed by atoms with van der Waals surface area (Å²) in [7, 11) is 3.51. The zero-order chi connectivity index (χ0) is 21.5. The number of benzene rings is 1. The Balaban J connectivity index is 1.59. The van der Waals surface area contributed by atoms with Crippen LogP contribution in [0.15, 0.2) is 30.6 Å². The van der Waals surface area contributed by atoms with Gasteiger partial charge in [-0.2, -0.15) is 0 Å². The van der Waals surface area contributed by atoms with Crippen molar-refractivity contribution >= 4 is 39.3 Å². The second-order valence-electron chi connectivity index (χ2n) is 7.43. The van der Waals surface area contributed by atoms with Gasteiger partial charge in [0, 0.05) is 49.2 Å². The van der Waals surface area contributed by atoms with Crippen LogP contribution in [0.5, 0.6) is 0 Å². The van der Waals surface area contributed by atoms with Crippen LogP contribution in [0.1, 0.15) is 24.0 Å². The maximum atomic E-state index is 14.5. The number of aryl methyl sites for hydroxylation is 1. The number of aromatic nitrogens is 5. The summed E-state index contributed by atoms with van der Waals surface area (Å²) in [5, 5.41) is 15.2. The third kappa shape index (κ3) is 3.53. The first kappa shape index (κ1) is 18.9. The molecule has 9 heteroatoms. The zero-order valence-corrected chi connectivity index (χ0v) is 16.9. The standard InChI is InChI=1S/C22H18FN7O/c1-24-21-16-11-25-20(27-22(31)12-3-4-12)8-15(16)14(10-26-21)6-5-13-7-19-18(9-17(13)23)28-29-30(19)2/h7-12H,3-4H2,1-2H3,(H,24,26)(H,25,27,31). The predicted octanol–water partition coefficient (Wildman–Crippen LogP) is 2.84. The molecule has 3 heterocycles. The minimum Gasteiger partial charge on any atom is -0.373 e. The van der Waals surface area contributed by atoms with E-state index < -0.39 is 5.82 Å². The average molecular weight is 415 g/mol. The van der Waals surface area contributed by atoms with Crippen LogP contribution in [0.25, 0.3) is 21.8 Å². The molecule has 0 unspecified atom stereocenters. The quantitative estimate of drug-likeness (QED) is 0.500. The Morgan fingerprint density at radius 2 is 1.94 bits per heavy atom. The minimum atomic E-state index is -0.469. The molecule has 2 N–H and O–H groups in total. The van der Waals surface area contributed by atoms with E-state index in [9.17, 15) is 9.18 Å². The van der Waals surface area contributed by atoms with E-state index >= 15 is 0 Å². The molecule has 1 saturated carbocycles. The van der Waals surface area contributed by atoms with Gasteiger partial charge in [0.25, 0.3) is 0 Å². The van der Waals surface area contributed by atoms with Crippen LogP contribution in [0.2, 0.25) is 0 Å². The van der Waals surface area contributed by atoms with Crippen LogP contribution >= 0.6 is 0 Å². The highest BCUT2D eigenvalue weighted by molar-refractivity contribution is 5.99. The topological polar surface area (TPSA) is 97.6 Å². The van der Waals surface area contributed by atoms with Crippen molar-refractivity contribution in [2.75, 3.05) is 17.7 Å². The van der Waals surface area contributed by atoms with Gasteiger partial charge in [0.05, 0.1) is 16.6 Å². The second-order valence-corrected chi connectivity index (χ2v) is 7.43. The predicted molar refractivity (Wildman–Crippen MR) is 115 cm³/mol. The molecule has 5 rings (SSSR count). The molecule has 1 aliphatic rings. The lowest BCUT2D eigenvalue weighted by Gasteiger charge is -2.09. The summed E-state index contributed by atoms with van der Waals surface area (Å²) in [6.07, 6.45) is 5.09. The highest BCUT2D eigenvalue weighted by Gasteiger charge is 2.29. The minimum absolute atomic E-state index is 0.0254. The van der Waals surface area contributed by atoms with Gasteiger partial charge in [0.2, 0.25) is 5.91 Å². The fourth-order valence-electron chi connectivity index (χ4n) is 3.36. The number of nitrogens with one attached hydrogen (secondary N) is 2. The number of hydrogen-bond acceptors (Lipinski definition) is 6. The number of carbonyl (C=O) groups excluding carboxylic acids is 1.